The molecule has 0 amide bonds. The Balaban J connectivity index is 1.71. The highest BCUT2D eigenvalue weighted by Crippen LogP contribution is 2.22. The van der Waals surface area contributed by atoms with Crippen LogP contribution in [0.3, 0.4) is 0 Å². The molecule has 0 aliphatic heterocycles. The first-order valence-electron chi connectivity index (χ1n) is 9.98. The molecule has 8 heteroatoms. The fraction of sp³-hybridized carbons (Fsp3) is 0.348. The third kappa shape index (κ3) is 6.13. The number of benzene rings is 2. The summed E-state index contributed by atoms with van der Waals surface area (Å²) in [6.07, 6.45) is 0. The summed E-state index contributed by atoms with van der Waals surface area (Å²) in [4.78, 5) is 4.85. The highest BCUT2D eigenvalue weighted by Gasteiger charge is 2.25. The van der Waals surface area contributed by atoms with Crippen molar-refractivity contribution in [2.75, 3.05) is 20.3 Å². The van der Waals surface area contributed by atoms with Crippen LogP contribution < -0.4 is 4.74 Å². The smallest absolute Gasteiger partial charge is 0.243 e. The van der Waals surface area contributed by atoms with Gasteiger partial charge in [0.2, 0.25) is 10.0 Å². The van der Waals surface area contributed by atoms with Gasteiger partial charge in [-0.3, -0.25) is 0 Å². The number of hydrogen-bond donors (Lipinski definition) is 0. The van der Waals surface area contributed by atoms with E-state index in [-0.39, 0.29) is 18.0 Å². The third-order valence-corrected chi connectivity index (χ3v) is 7.71. The highest BCUT2D eigenvalue weighted by atomic mass is 32.2. The lowest BCUT2D eigenvalue weighted by molar-refractivity contribution is 0.177. The first kappa shape index (κ1) is 23.4. The summed E-state index contributed by atoms with van der Waals surface area (Å²) in [7, 11) is -2.10. The number of nitrogens with zero attached hydrogens (tertiary/aromatic N) is 2. The van der Waals surface area contributed by atoms with Crippen molar-refractivity contribution >= 4 is 21.4 Å². The molecule has 31 heavy (non-hydrogen) atoms. The Morgan fingerprint density at radius 3 is 2.45 bits per heavy atom. The maximum Gasteiger partial charge on any atom is 0.243 e. The lowest BCUT2D eigenvalue weighted by atomic mass is 10.1. The maximum absolute atomic E-state index is 13.2. The molecule has 0 radical (unpaired) electrons. The molecule has 0 unspecified atom stereocenters. The van der Waals surface area contributed by atoms with Crippen LogP contribution in [0.5, 0.6) is 5.75 Å². The minimum atomic E-state index is -3.66. The zero-order valence-corrected chi connectivity index (χ0v) is 19.9. The van der Waals surface area contributed by atoms with Crippen molar-refractivity contribution in [3.8, 4) is 5.75 Å². The van der Waals surface area contributed by atoms with E-state index in [1.807, 2.05) is 37.4 Å². The molecule has 3 aromatic rings. The lowest BCUT2D eigenvalue weighted by Crippen LogP contribution is -2.33. The van der Waals surface area contributed by atoms with E-state index in [0.717, 1.165) is 16.3 Å². The van der Waals surface area contributed by atoms with Crippen molar-refractivity contribution in [3.05, 3.63) is 75.2 Å². The number of sulfonamides is 1. The van der Waals surface area contributed by atoms with E-state index < -0.39 is 10.0 Å². The van der Waals surface area contributed by atoms with E-state index in [4.69, 9.17) is 9.47 Å². The molecule has 0 atom stereocenters. The molecule has 2 aromatic carbocycles. The predicted octanol–water partition coefficient (Wildman–Crippen LogP) is 4.48. The molecule has 6 nitrogen and oxygen atoms in total. The number of ether oxygens (including phenoxy) is 2. The van der Waals surface area contributed by atoms with Crippen LogP contribution >= 0.6 is 11.3 Å². The maximum atomic E-state index is 13.2. The fourth-order valence-electron chi connectivity index (χ4n) is 2.95. The second kappa shape index (κ2) is 10.4. The SMILES string of the molecule is COCCN(Cc1csc(COc2ccc(C)c(C)c2)n1)S(=O)(=O)c1ccc(C)cc1. The van der Waals surface area contributed by atoms with Gasteiger partial charge in [-0.1, -0.05) is 23.8 Å². The molecule has 3 rings (SSSR count). The summed E-state index contributed by atoms with van der Waals surface area (Å²) in [6, 6.07) is 12.8. The molecule has 0 N–H and O–H groups in total. The monoisotopic (exact) mass is 460 g/mol. The zero-order chi connectivity index (χ0) is 22.4. The minimum absolute atomic E-state index is 0.180. The summed E-state index contributed by atoms with van der Waals surface area (Å²) in [5.41, 5.74) is 4.09. The third-order valence-electron chi connectivity index (χ3n) is 4.98. The number of aryl methyl sites for hydroxylation is 3. The molecule has 0 saturated heterocycles. The number of methoxy groups -OCH3 is 1. The van der Waals surface area contributed by atoms with Gasteiger partial charge in [-0.15, -0.1) is 11.3 Å². The van der Waals surface area contributed by atoms with Crippen molar-refractivity contribution in [3.63, 3.8) is 0 Å². The molecule has 1 aromatic heterocycles. The van der Waals surface area contributed by atoms with E-state index in [0.29, 0.717) is 18.9 Å². The zero-order valence-electron chi connectivity index (χ0n) is 18.3. The van der Waals surface area contributed by atoms with Gasteiger partial charge in [0.05, 0.1) is 23.7 Å². The van der Waals surface area contributed by atoms with Crippen LogP contribution in [0.25, 0.3) is 0 Å². The summed E-state index contributed by atoms with van der Waals surface area (Å²) < 4.78 is 38.7. The van der Waals surface area contributed by atoms with E-state index in [2.05, 4.69) is 11.9 Å². The molecular formula is C23H28N2O4S2. The molecule has 0 spiro atoms. The van der Waals surface area contributed by atoms with E-state index in [1.54, 1.807) is 31.4 Å². The molecule has 1 heterocycles. The first-order chi connectivity index (χ1) is 14.8. The van der Waals surface area contributed by atoms with Gasteiger partial charge in [-0.05, 0) is 56.2 Å². The van der Waals surface area contributed by atoms with Crippen LogP contribution in [-0.2, 0) is 27.9 Å². The highest BCUT2D eigenvalue weighted by molar-refractivity contribution is 7.89. The number of hydrogen-bond acceptors (Lipinski definition) is 6. The summed E-state index contributed by atoms with van der Waals surface area (Å²) in [6.45, 7) is 7.11. The Hall–Kier alpha value is -2.26. The Morgan fingerprint density at radius 1 is 1.03 bits per heavy atom. The summed E-state index contributed by atoms with van der Waals surface area (Å²) in [5.74, 6) is 0.795. The molecule has 0 bridgehead atoms. The topological polar surface area (TPSA) is 68.7 Å². The molecule has 0 saturated carbocycles. The standard InChI is InChI=1S/C23H28N2O4S2/c1-17-5-9-22(10-6-17)31(26,27)25(11-12-28-4)14-20-16-30-23(24-20)15-29-21-8-7-18(2)19(3)13-21/h5-10,13,16H,11-12,14-15H2,1-4H3. The average Bonchev–Trinajstić information content (AvgIpc) is 3.19. The van der Waals surface area contributed by atoms with Gasteiger partial charge in [0.25, 0.3) is 0 Å². The van der Waals surface area contributed by atoms with Gasteiger partial charge in [0.15, 0.2) is 0 Å². The molecule has 0 aliphatic carbocycles. The van der Waals surface area contributed by atoms with E-state index in [9.17, 15) is 8.42 Å². The van der Waals surface area contributed by atoms with Crippen LogP contribution in [-0.4, -0.2) is 38.0 Å². The number of aromatic nitrogens is 1. The molecular weight excluding hydrogens is 432 g/mol. The van der Waals surface area contributed by atoms with Crippen LogP contribution in [0.2, 0.25) is 0 Å². The van der Waals surface area contributed by atoms with Crippen LogP contribution in [0, 0.1) is 20.8 Å². The summed E-state index contributed by atoms with van der Waals surface area (Å²) in [5, 5.41) is 2.68. The van der Waals surface area contributed by atoms with E-state index in [1.165, 1.54) is 26.8 Å². The quantitative estimate of drug-likeness (QED) is 0.446. The van der Waals surface area contributed by atoms with E-state index >= 15 is 0 Å². The van der Waals surface area contributed by atoms with Crippen molar-refractivity contribution in [2.24, 2.45) is 0 Å². The molecule has 0 fully saturated rings. The average molecular weight is 461 g/mol. The van der Waals surface area contributed by atoms with Gasteiger partial charge in [0.1, 0.15) is 17.4 Å². The Bertz CT molecular complexity index is 1110. The summed E-state index contributed by atoms with van der Waals surface area (Å²) >= 11 is 1.46. The van der Waals surface area contributed by atoms with Gasteiger partial charge in [-0.25, -0.2) is 13.4 Å². The second-order valence-electron chi connectivity index (χ2n) is 7.41. The number of rotatable bonds is 10. The van der Waals surface area contributed by atoms with Gasteiger partial charge < -0.3 is 9.47 Å². The number of thiazole rings is 1. The van der Waals surface area contributed by atoms with Crippen molar-refractivity contribution in [2.45, 2.75) is 38.8 Å². The van der Waals surface area contributed by atoms with Crippen LogP contribution in [0.4, 0.5) is 0 Å². The lowest BCUT2D eigenvalue weighted by Gasteiger charge is -2.21. The normalized spacial score (nSPS) is 11.8. The van der Waals surface area contributed by atoms with Crippen molar-refractivity contribution in [1.82, 2.24) is 9.29 Å². The Morgan fingerprint density at radius 2 is 1.77 bits per heavy atom. The second-order valence-corrected chi connectivity index (χ2v) is 10.3. The van der Waals surface area contributed by atoms with Gasteiger partial charge >= 0.3 is 0 Å². The fourth-order valence-corrected chi connectivity index (χ4v) is 5.05. The van der Waals surface area contributed by atoms with Crippen molar-refractivity contribution < 1.29 is 17.9 Å². The van der Waals surface area contributed by atoms with Crippen molar-refractivity contribution in [1.29, 1.82) is 0 Å². The molecule has 0 aliphatic rings. The Kier molecular flexibility index (Phi) is 7.83. The van der Waals surface area contributed by atoms with Crippen LogP contribution in [0.1, 0.15) is 27.4 Å². The van der Waals surface area contributed by atoms with Crippen LogP contribution in [0.15, 0.2) is 52.7 Å². The largest absolute Gasteiger partial charge is 0.486 e. The Labute approximate surface area is 188 Å². The first-order valence-corrected chi connectivity index (χ1v) is 12.3. The predicted molar refractivity (Wildman–Crippen MR) is 123 cm³/mol. The van der Waals surface area contributed by atoms with Gasteiger partial charge in [-0.2, -0.15) is 4.31 Å². The van der Waals surface area contributed by atoms with Gasteiger partial charge in [0, 0.05) is 19.0 Å². The molecule has 166 valence electrons. The minimum Gasteiger partial charge on any atom is -0.486 e.